The number of aryl methyl sites for hydroxylation is 1. The lowest BCUT2D eigenvalue weighted by Crippen LogP contribution is -2.39. The summed E-state index contributed by atoms with van der Waals surface area (Å²) in [6.45, 7) is 10.7. The van der Waals surface area contributed by atoms with Gasteiger partial charge in [0.25, 0.3) is 5.91 Å². The number of furan rings is 1. The molecule has 3 aromatic rings. The van der Waals surface area contributed by atoms with Crippen LogP contribution in [0.2, 0.25) is 0 Å². The van der Waals surface area contributed by atoms with Crippen molar-refractivity contribution in [2.45, 2.75) is 33.2 Å². The average molecular weight is 431 g/mol. The Hall–Kier alpha value is -2.85. The zero-order valence-electron chi connectivity index (χ0n) is 19.4. The molecule has 2 heterocycles. The van der Waals surface area contributed by atoms with Gasteiger partial charge in [-0.25, -0.2) is 0 Å². The van der Waals surface area contributed by atoms with E-state index in [4.69, 9.17) is 4.42 Å². The Balaban J connectivity index is 1.56. The van der Waals surface area contributed by atoms with Crippen LogP contribution >= 0.6 is 0 Å². The molecule has 0 bridgehead atoms. The van der Waals surface area contributed by atoms with Gasteiger partial charge in [0, 0.05) is 37.7 Å². The summed E-state index contributed by atoms with van der Waals surface area (Å²) in [6.07, 6.45) is 1.74. The van der Waals surface area contributed by atoms with Crippen molar-refractivity contribution in [1.82, 2.24) is 9.80 Å². The highest BCUT2D eigenvalue weighted by Crippen LogP contribution is 2.34. The van der Waals surface area contributed by atoms with Crippen LogP contribution in [-0.2, 0) is 6.54 Å². The summed E-state index contributed by atoms with van der Waals surface area (Å²) in [5, 5.41) is 0. The Kier molecular flexibility index (Phi) is 7.11. The molecular weight excluding hydrogens is 396 g/mol. The first kappa shape index (κ1) is 22.3. The second kappa shape index (κ2) is 10.2. The van der Waals surface area contributed by atoms with Crippen LogP contribution in [0.25, 0.3) is 0 Å². The molecule has 1 fully saturated rings. The van der Waals surface area contributed by atoms with Gasteiger partial charge in [-0.1, -0.05) is 61.9 Å². The number of rotatable bonds is 8. The van der Waals surface area contributed by atoms with Crippen molar-refractivity contribution >= 4 is 5.91 Å². The first-order valence-corrected chi connectivity index (χ1v) is 11.6. The number of hydrogen-bond acceptors (Lipinski definition) is 3. The molecule has 1 aliphatic rings. The van der Waals surface area contributed by atoms with Crippen molar-refractivity contribution in [1.29, 1.82) is 0 Å². The van der Waals surface area contributed by atoms with Crippen molar-refractivity contribution in [3.05, 3.63) is 95.4 Å². The number of benzene rings is 2. The molecule has 2 aromatic carbocycles. The highest BCUT2D eigenvalue weighted by Gasteiger charge is 2.36. The molecule has 2 atom stereocenters. The first-order chi connectivity index (χ1) is 15.5. The number of carbonyl (C=O) groups is 1. The molecule has 168 valence electrons. The number of likely N-dealkylation sites (tertiary alicyclic amines) is 1. The largest absolute Gasteiger partial charge is 0.468 e. The smallest absolute Gasteiger partial charge is 0.253 e. The maximum atomic E-state index is 13.5. The van der Waals surface area contributed by atoms with Gasteiger partial charge in [0.2, 0.25) is 0 Å². The molecule has 1 aromatic heterocycles. The van der Waals surface area contributed by atoms with E-state index in [1.807, 2.05) is 36.4 Å². The van der Waals surface area contributed by atoms with Crippen molar-refractivity contribution in [3.8, 4) is 0 Å². The van der Waals surface area contributed by atoms with Gasteiger partial charge in [-0.15, -0.1) is 0 Å². The topological polar surface area (TPSA) is 36.7 Å². The highest BCUT2D eigenvalue weighted by molar-refractivity contribution is 5.94. The second-order valence-corrected chi connectivity index (χ2v) is 9.52. The lowest BCUT2D eigenvalue weighted by molar-refractivity contribution is 0.0703. The van der Waals surface area contributed by atoms with Gasteiger partial charge in [-0.2, -0.15) is 0 Å². The summed E-state index contributed by atoms with van der Waals surface area (Å²) in [5.41, 5.74) is 3.30. The third kappa shape index (κ3) is 5.49. The van der Waals surface area contributed by atoms with Crippen LogP contribution in [0.1, 0.15) is 47.0 Å². The quantitative estimate of drug-likeness (QED) is 0.467. The lowest BCUT2D eigenvalue weighted by atomic mass is 9.88. The van der Waals surface area contributed by atoms with Crippen LogP contribution in [0, 0.1) is 18.8 Å². The van der Waals surface area contributed by atoms with E-state index in [0.717, 1.165) is 44.0 Å². The van der Waals surface area contributed by atoms with E-state index in [1.54, 1.807) is 6.26 Å². The molecule has 0 saturated carbocycles. The van der Waals surface area contributed by atoms with Gasteiger partial charge in [-0.3, -0.25) is 9.69 Å². The van der Waals surface area contributed by atoms with Crippen LogP contribution < -0.4 is 0 Å². The van der Waals surface area contributed by atoms with Gasteiger partial charge in [0.05, 0.1) is 12.8 Å². The van der Waals surface area contributed by atoms with Crippen LogP contribution in [0.15, 0.2) is 77.4 Å². The first-order valence-electron chi connectivity index (χ1n) is 11.6. The van der Waals surface area contributed by atoms with Crippen molar-refractivity contribution in [2.24, 2.45) is 11.8 Å². The fraction of sp³-hybridized carbons (Fsp3) is 0.393. The van der Waals surface area contributed by atoms with E-state index in [2.05, 4.69) is 60.9 Å². The Morgan fingerprint density at radius 1 is 1.03 bits per heavy atom. The van der Waals surface area contributed by atoms with Gasteiger partial charge >= 0.3 is 0 Å². The van der Waals surface area contributed by atoms with Crippen molar-refractivity contribution < 1.29 is 9.21 Å². The summed E-state index contributed by atoms with van der Waals surface area (Å²) >= 11 is 0. The Morgan fingerprint density at radius 3 is 2.44 bits per heavy atom. The summed E-state index contributed by atoms with van der Waals surface area (Å²) in [5.74, 6) is 2.31. The molecule has 32 heavy (non-hydrogen) atoms. The van der Waals surface area contributed by atoms with Gasteiger partial charge < -0.3 is 9.32 Å². The number of nitrogens with zero attached hydrogens (tertiary/aromatic N) is 2. The minimum atomic E-state index is 0.134. The van der Waals surface area contributed by atoms with E-state index in [1.165, 1.54) is 11.1 Å². The molecule has 0 aliphatic carbocycles. The number of amides is 1. The molecule has 1 saturated heterocycles. The van der Waals surface area contributed by atoms with Crippen molar-refractivity contribution in [3.63, 3.8) is 0 Å². The van der Waals surface area contributed by atoms with Gasteiger partial charge in [0.1, 0.15) is 5.76 Å². The predicted octanol–water partition coefficient (Wildman–Crippen LogP) is 5.60. The Bertz CT molecular complexity index is 980. The fourth-order valence-corrected chi connectivity index (χ4v) is 4.82. The van der Waals surface area contributed by atoms with Crippen LogP contribution in [0.5, 0.6) is 0 Å². The monoisotopic (exact) mass is 430 g/mol. The highest BCUT2D eigenvalue weighted by atomic mass is 16.3. The van der Waals surface area contributed by atoms with Gasteiger partial charge in [-0.05, 0) is 48.6 Å². The standard InChI is InChI=1S/C28H34N2O2/c1-21(2)16-30(28(31)24-13-11-22(3)12-14-24)18-25-17-29(19-26-10-7-15-32-26)20-27(25)23-8-5-4-6-9-23/h4-15,21,25,27H,16-20H2,1-3H3/t25-,27+/m1/s1. The molecule has 0 unspecified atom stereocenters. The summed E-state index contributed by atoms with van der Waals surface area (Å²) in [6, 6.07) is 22.7. The number of carbonyl (C=O) groups excluding carboxylic acids is 1. The van der Waals surface area contributed by atoms with Crippen molar-refractivity contribution in [2.75, 3.05) is 26.2 Å². The van der Waals surface area contributed by atoms with E-state index in [-0.39, 0.29) is 5.91 Å². The molecule has 1 aliphatic heterocycles. The average Bonchev–Trinajstić information content (AvgIpc) is 3.44. The number of hydrogen-bond donors (Lipinski definition) is 0. The van der Waals surface area contributed by atoms with Crippen LogP contribution in [-0.4, -0.2) is 41.9 Å². The Labute approximate surface area is 191 Å². The zero-order chi connectivity index (χ0) is 22.5. The van der Waals surface area contributed by atoms with E-state index in [0.29, 0.717) is 17.8 Å². The minimum Gasteiger partial charge on any atom is -0.468 e. The molecule has 4 rings (SSSR count). The molecule has 1 amide bonds. The normalized spacial score (nSPS) is 18.9. The van der Waals surface area contributed by atoms with E-state index >= 15 is 0 Å². The summed E-state index contributed by atoms with van der Waals surface area (Å²) in [7, 11) is 0. The van der Waals surface area contributed by atoms with Crippen LogP contribution in [0.3, 0.4) is 0 Å². The molecular formula is C28H34N2O2. The SMILES string of the molecule is Cc1ccc(C(=O)N(CC(C)C)C[C@H]2CN(Cc3ccco3)C[C@H]2c2ccccc2)cc1. The van der Waals surface area contributed by atoms with Gasteiger partial charge in [0.15, 0.2) is 0 Å². The van der Waals surface area contributed by atoms with E-state index in [9.17, 15) is 4.79 Å². The minimum absolute atomic E-state index is 0.134. The van der Waals surface area contributed by atoms with Crippen LogP contribution in [0.4, 0.5) is 0 Å². The second-order valence-electron chi connectivity index (χ2n) is 9.52. The molecule has 0 N–H and O–H groups in total. The predicted molar refractivity (Wildman–Crippen MR) is 129 cm³/mol. The molecule has 0 radical (unpaired) electrons. The maximum absolute atomic E-state index is 13.5. The maximum Gasteiger partial charge on any atom is 0.253 e. The fourth-order valence-electron chi connectivity index (χ4n) is 4.82. The zero-order valence-corrected chi connectivity index (χ0v) is 19.4. The van der Waals surface area contributed by atoms with E-state index < -0.39 is 0 Å². The third-order valence-corrected chi connectivity index (χ3v) is 6.33. The third-order valence-electron chi connectivity index (χ3n) is 6.33. The molecule has 4 nitrogen and oxygen atoms in total. The summed E-state index contributed by atoms with van der Waals surface area (Å²) < 4.78 is 5.60. The molecule has 4 heteroatoms. The Morgan fingerprint density at radius 2 is 1.78 bits per heavy atom. The molecule has 0 spiro atoms. The lowest BCUT2D eigenvalue weighted by Gasteiger charge is -2.30. The summed E-state index contributed by atoms with van der Waals surface area (Å²) in [4.78, 5) is 18.0.